The molecule has 2 aromatic carbocycles. The minimum absolute atomic E-state index is 0.139. The van der Waals surface area contributed by atoms with Gasteiger partial charge in [-0.2, -0.15) is 4.98 Å². The van der Waals surface area contributed by atoms with Crippen molar-refractivity contribution >= 4 is 29.3 Å². The van der Waals surface area contributed by atoms with Crippen LogP contribution in [0.4, 0.5) is 0 Å². The molecule has 1 unspecified atom stereocenters. The van der Waals surface area contributed by atoms with E-state index in [9.17, 15) is 4.79 Å². The lowest BCUT2D eigenvalue weighted by Gasteiger charge is -2.17. The molecule has 0 amide bonds. The molecule has 1 atom stereocenters. The minimum atomic E-state index is -0.232. The maximum absolute atomic E-state index is 11.2. The largest absolute Gasteiger partial charge is 0.469 e. The summed E-state index contributed by atoms with van der Waals surface area (Å²) >= 11 is 7.77. The molecule has 0 saturated heterocycles. The lowest BCUT2D eigenvalue weighted by molar-refractivity contribution is -0.140. The normalized spacial score (nSPS) is 11.9. The van der Waals surface area contributed by atoms with Gasteiger partial charge in [-0.15, -0.1) is 11.8 Å². The van der Waals surface area contributed by atoms with Crippen molar-refractivity contribution in [3.05, 3.63) is 82.5 Å². The van der Waals surface area contributed by atoms with Gasteiger partial charge in [0, 0.05) is 17.9 Å². The van der Waals surface area contributed by atoms with Gasteiger partial charge in [0.15, 0.2) is 5.82 Å². The molecule has 146 valence electrons. The first kappa shape index (κ1) is 20.4. The first-order chi connectivity index (χ1) is 13.7. The van der Waals surface area contributed by atoms with Crippen LogP contribution in [0.1, 0.15) is 40.9 Å². The zero-order valence-electron chi connectivity index (χ0n) is 15.5. The summed E-state index contributed by atoms with van der Waals surface area (Å²) in [6, 6.07) is 18.2. The first-order valence-electron chi connectivity index (χ1n) is 8.96. The van der Waals surface area contributed by atoms with Gasteiger partial charge in [0.25, 0.3) is 0 Å². The van der Waals surface area contributed by atoms with Gasteiger partial charge in [0.2, 0.25) is 5.89 Å². The number of benzene rings is 2. The Morgan fingerprint density at radius 3 is 2.57 bits per heavy atom. The monoisotopic (exact) mass is 416 g/mol. The molecular formula is C21H21ClN2O3S. The quantitative estimate of drug-likeness (QED) is 0.444. The second-order valence-electron chi connectivity index (χ2n) is 6.19. The van der Waals surface area contributed by atoms with E-state index in [-0.39, 0.29) is 11.2 Å². The summed E-state index contributed by atoms with van der Waals surface area (Å²) in [6.45, 7) is 0. The van der Waals surface area contributed by atoms with Crippen LogP contribution in [-0.4, -0.2) is 23.2 Å². The van der Waals surface area contributed by atoms with Crippen molar-refractivity contribution in [2.75, 3.05) is 7.11 Å². The van der Waals surface area contributed by atoms with Gasteiger partial charge in [-0.25, -0.2) is 0 Å². The number of aryl methyl sites for hydroxylation is 1. The molecule has 0 saturated carbocycles. The highest BCUT2D eigenvalue weighted by atomic mass is 35.5. The van der Waals surface area contributed by atoms with Gasteiger partial charge in [-0.3, -0.25) is 4.79 Å². The second kappa shape index (κ2) is 10.3. The maximum atomic E-state index is 11.2. The number of hydrogen-bond acceptors (Lipinski definition) is 6. The summed E-state index contributed by atoms with van der Waals surface area (Å²) in [7, 11) is 1.38. The number of carbonyl (C=O) groups is 1. The van der Waals surface area contributed by atoms with E-state index in [1.54, 1.807) is 11.8 Å². The Hall–Kier alpha value is -2.31. The number of methoxy groups -OCH3 is 1. The van der Waals surface area contributed by atoms with Crippen LogP contribution < -0.4 is 0 Å². The third-order valence-electron chi connectivity index (χ3n) is 4.16. The SMILES string of the molecule is COC(=O)CCCc1nc(CSC(c2ccccc2)c2ccc(Cl)cc2)no1. The molecule has 0 radical (unpaired) electrons. The number of nitrogens with zero attached hydrogens (tertiary/aromatic N) is 2. The number of carbonyl (C=O) groups excluding carboxylic acids is 1. The Kier molecular flexibility index (Phi) is 7.51. The van der Waals surface area contributed by atoms with E-state index in [0.717, 1.165) is 5.02 Å². The van der Waals surface area contributed by atoms with E-state index in [0.29, 0.717) is 36.7 Å². The molecule has 1 aromatic heterocycles. The highest BCUT2D eigenvalue weighted by molar-refractivity contribution is 7.98. The molecule has 0 bridgehead atoms. The summed E-state index contributed by atoms with van der Waals surface area (Å²) in [5.41, 5.74) is 2.37. The van der Waals surface area contributed by atoms with Crippen LogP contribution >= 0.6 is 23.4 Å². The van der Waals surface area contributed by atoms with Crippen molar-refractivity contribution in [3.8, 4) is 0 Å². The molecule has 28 heavy (non-hydrogen) atoms. The van der Waals surface area contributed by atoms with Crippen LogP contribution in [0.5, 0.6) is 0 Å². The highest BCUT2D eigenvalue weighted by Crippen LogP contribution is 2.37. The van der Waals surface area contributed by atoms with E-state index >= 15 is 0 Å². The van der Waals surface area contributed by atoms with Crippen LogP contribution in [0, 0.1) is 0 Å². The average Bonchev–Trinajstić information content (AvgIpc) is 3.18. The summed E-state index contributed by atoms with van der Waals surface area (Å²) < 4.78 is 9.93. The molecule has 0 aliphatic heterocycles. The number of halogens is 1. The Morgan fingerprint density at radius 2 is 1.86 bits per heavy atom. The Balaban J connectivity index is 1.64. The lowest BCUT2D eigenvalue weighted by Crippen LogP contribution is -2.00. The summed E-state index contributed by atoms with van der Waals surface area (Å²) in [5, 5.41) is 4.92. The highest BCUT2D eigenvalue weighted by Gasteiger charge is 2.17. The third kappa shape index (κ3) is 5.84. The lowest BCUT2D eigenvalue weighted by atomic mass is 10.0. The summed E-state index contributed by atoms with van der Waals surface area (Å²) in [4.78, 5) is 15.6. The number of aromatic nitrogens is 2. The number of esters is 1. The summed E-state index contributed by atoms with van der Waals surface area (Å²) in [5.74, 6) is 1.57. The van der Waals surface area contributed by atoms with Gasteiger partial charge < -0.3 is 9.26 Å². The molecule has 0 spiro atoms. The topological polar surface area (TPSA) is 65.2 Å². The Morgan fingerprint density at radius 1 is 1.14 bits per heavy atom. The van der Waals surface area contributed by atoms with Gasteiger partial charge in [0.1, 0.15) is 0 Å². The molecule has 3 aromatic rings. The van der Waals surface area contributed by atoms with E-state index in [2.05, 4.69) is 27.0 Å². The molecular weight excluding hydrogens is 396 g/mol. The average molecular weight is 417 g/mol. The molecule has 1 heterocycles. The number of ether oxygens (including phenoxy) is 1. The zero-order chi connectivity index (χ0) is 19.8. The van der Waals surface area contributed by atoms with Crippen molar-refractivity contribution in [2.24, 2.45) is 0 Å². The van der Waals surface area contributed by atoms with Crippen LogP contribution in [0.15, 0.2) is 59.1 Å². The number of hydrogen-bond donors (Lipinski definition) is 0. The van der Waals surface area contributed by atoms with E-state index in [1.165, 1.54) is 18.2 Å². The Bertz CT molecular complexity index is 884. The number of rotatable bonds is 9. The van der Waals surface area contributed by atoms with Gasteiger partial charge in [-0.1, -0.05) is 59.2 Å². The number of thioether (sulfide) groups is 1. The van der Waals surface area contributed by atoms with Crippen molar-refractivity contribution < 1.29 is 14.1 Å². The molecule has 0 N–H and O–H groups in total. The van der Waals surface area contributed by atoms with Crippen molar-refractivity contribution in [1.82, 2.24) is 10.1 Å². The molecule has 0 fully saturated rings. The third-order valence-corrected chi connectivity index (χ3v) is 5.72. The molecule has 3 rings (SSSR count). The predicted molar refractivity (Wildman–Crippen MR) is 110 cm³/mol. The Labute approximate surface area is 173 Å². The maximum Gasteiger partial charge on any atom is 0.305 e. The zero-order valence-corrected chi connectivity index (χ0v) is 17.1. The van der Waals surface area contributed by atoms with Crippen molar-refractivity contribution in [1.29, 1.82) is 0 Å². The minimum Gasteiger partial charge on any atom is -0.469 e. The van der Waals surface area contributed by atoms with Gasteiger partial charge >= 0.3 is 5.97 Å². The second-order valence-corrected chi connectivity index (χ2v) is 7.72. The van der Waals surface area contributed by atoms with E-state index in [4.69, 9.17) is 16.1 Å². The fraction of sp³-hybridized carbons (Fsp3) is 0.286. The van der Waals surface area contributed by atoms with Crippen molar-refractivity contribution in [3.63, 3.8) is 0 Å². The molecule has 7 heteroatoms. The van der Waals surface area contributed by atoms with Crippen LogP contribution in [0.2, 0.25) is 5.02 Å². The predicted octanol–water partition coefficient (Wildman–Crippen LogP) is 5.24. The fourth-order valence-corrected chi connectivity index (χ4v) is 4.00. The van der Waals surface area contributed by atoms with Crippen LogP contribution in [-0.2, 0) is 21.7 Å². The van der Waals surface area contributed by atoms with Crippen molar-refractivity contribution in [2.45, 2.75) is 30.3 Å². The first-order valence-corrected chi connectivity index (χ1v) is 10.4. The standard InChI is InChI=1S/C21H21ClN2O3S/c1-26-20(25)9-5-8-19-23-18(24-27-19)14-28-21(15-6-3-2-4-7-15)16-10-12-17(22)13-11-16/h2-4,6-7,10-13,21H,5,8-9,14H2,1H3. The molecule has 0 aliphatic carbocycles. The smallest absolute Gasteiger partial charge is 0.305 e. The van der Waals surface area contributed by atoms with Crippen LogP contribution in [0.3, 0.4) is 0 Å². The van der Waals surface area contributed by atoms with Gasteiger partial charge in [-0.05, 0) is 29.7 Å². The van der Waals surface area contributed by atoms with E-state index in [1.807, 2.05) is 42.5 Å². The van der Waals surface area contributed by atoms with E-state index < -0.39 is 0 Å². The molecule has 5 nitrogen and oxygen atoms in total. The van der Waals surface area contributed by atoms with Gasteiger partial charge in [0.05, 0.1) is 18.1 Å². The fourth-order valence-electron chi connectivity index (χ4n) is 2.74. The molecule has 0 aliphatic rings. The van der Waals surface area contributed by atoms with Crippen LogP contribution in [0.25, 0.3) is 0 Å². The summed E-state index contributed by atoms with van der Waals surface area (Å²) in [6.07, 6.45) is 1.53.